The summed E-state index contributed by atoms with van der Waals surface area (Å²) in [6.07, 6.45) is -0.0972. The second-order valence-corrected chi connectivity index (χ2v) is 2.62. The first kappa shape index (κ1) is 6.05. The minimum atomic E-state index is -0.336. The maximum Gasteiger partial charge on any atom is 0.117 e. The van der Waals surface area contributed by atoms with E-state index in [2.05, 4.69) is 0 Å². The average Bonchev–Trinajstić information content (AvgIpc) is 2.17. The molecule has 2 nitrogen and oxygen atoms in total. The van der Waals surface area contributed by atoms with Crippen molar-refractivity contribution in [2.24, 2.45) is 0 Å². The van der Waals surface area contributed by atoms with Gasteiger partial charge in [-0.1, -0.05) is 0 Å². The molecule has 8 heavy (non-hydrogen) atoms. The summed E-state index contributed by atoms with van der Waals surface area (Å²) in [4.78, 5) is 0. The van der Waals surface area contributed by atoms with Gasteiger partial charge in [-0.25, -0.2) is 0 Å². The van der Waals surface area contributed by atoms with E-state index < -0.39 is 0 Å². The van der Waals surface area contributed by atoms with Gasteiger partial charge in [0.1, 0.15) is 5.60 Å². The fourth-order valence-electron chi connectivity index (χ4n) is 0.785. The van der Waals surface area contributed by atoms with E-state index in [9.17, 15) is 0 Å². The summed E-state index contributed by atoms with van der Waals surface area (Å²) in [5.74, 6) is 0. The smallest absolute Gasteiger partial charge is 0.117 e. The second kappa shape index (κ2) is 1.45. The Bertz CT molecular complexity index is 101. The van der Waals surface area contributed by atoms with Crippen LogP contribution in [0.15, 0.2) is 0 Å². The summed E-state index contributed by atoms with van der Waals surface area (Å²) in [7, 11) is 0. The summed E-state index contributed by atoms with van der Waals surface area (Å²) in [6.45, 7) is 5.64. The van der Waals surface area contributed by atoms with Crippen LogP contribution in [0.25, 0.3) is 0 Å². The van der Waals surface area contributed by atoms with Gasteiger partial charge in [0.25, 0.3) is 0 Å². The van der Waals surface area contributed by atoms with Crippen molar-refractivity contribution >= 4 is 0 Å². The highest BCUT2D eigenvalue weighted by atomic mass is 16.6. The van der Waals surface area contributed by atoms with Gasteiger partial charge in [0, 0.05) is 0 Å². The molecule has 0 bridgehead atoms. The maximum atomic E-state index is 9.00. The van der Waals surface area contributed by atoms with Crippen LogP contribution >= 0.6 is 0 Å². The minimum Gasteiger partial charge on any atom is -0.390 e. The van der Waals surface area contributed by atoms with Crippen molar-refractivity contribution in [2.45, 2.75) is 38.6 Å². The molecule has 0 radical (unpaired) electrons. The van der Waals surface area contributed by atoms with E-state index in [0.717, 1.165) is 0 Å². The van der Waals surface area contributed by atoms with Crippen LogP contribution in [0.4, 0.5) is 0 Å². The van der Waals surface area contributed by atoms with Crippen LogP contribution in [-0.2, 0) is 4.74 Å². The van der Waals surface area contributed by atoms with Crippen molar-refractivity contribution in [2.75, 3.05) is 0 Å². The van der Waals surface area contributed by atoms with E-state index in [4.69, 9.17) is 9.84 Å². The summed E-state index contributed by atoms with van der Waals surface area (Å²) >= 11 is 0. The van der Waals surface area contributed by atoms with Crippen LogP contribution in [0.5, 0.6) is 0 Å². The fourth-order valence-corrected chi connectivity index (χ4v) is 0.785. The molecule has 0 aromatic heterocycles. The minimum absolute atomic E-state index is 0.236. The van der Waals surface area contributed by atoms with Crippen LogP contribution in [0.2, 0.25) is 0 Å². The van der Waals surface area contributed by atoms with E-state index in [1.54, 1.807) is 6.92 Å². The number of ether oxygens (including phenoxy) is 1. The number of hydrogen-bond donors (Lipinski definition) is 1. The zero-order chi connectivity index (χ0) is 6.36. The van der Waals surface area contributed by atoms with E-state index in [1.807, 2.05) is 13.8 Å². The topological polar surface area (TPSA) is 32.8 Å². The third-order valence-corrected chi connectivity index (χ3v) is 2.01. The lowest BCUT2D eigenvalue weighted by atomic mass is 10.0. The van der Waals surface area contributed by atoms with Crippen LogP contribution in [-0.4, -0.2) is 22.9 Å². The first-order valence-corrected chi connectivity index (χ1v) is 2.93. The highest BCUT2D eigenvalue weighted by Crippen LogP contribution is 2.38. The van der Waals surface area contributed by atoms with Crippen molar-refractivity contribution in [3.8, 4) is 0 Å². The van der Waals surface area contributed by atoms with Gasteiger partial charge in [-0.3, -0.25) is 0 Å². The largest absolute Gasteiger partial charge is 0.390 e. The molecule has 0 spiro atoms. The van der Waals surface area contributed by atoms with Crippen molar-refractivity contribution in [1.82, 2.24) is 0 Å². The SMILES string of the molecule is C[C@H](O)[C@@]1(C)O[C@@H]1C. The Balaban J connectivity index is 2.47. The van der Waals surface area contributed by atoms with Crippen molar-refractivity contribution in [3.63, 3.8) is 0 Å². The van der Waals surface area contributed by atoms with E-state index in [1.165, 1.54) is 0 Å². The Kier molecular flexibility index (Phi) is 1.10. The molecule has 0 saturated carbocycles. The molecule has 3 atom stereocenters. The van der Waals surface area contributed by atoms with Gasteiger partial charge in [-0.2, -0.15) is 0 Å². The molecule has 2 heteroatoms. The fraction of sp³-hybridized carbons (Fsp3) is 1.00. The molecule has 1 aliphatic rings. The van der Waals surface area contributed by atoms with Crippen molar-refractivity contribution < 1.29 is 9.84 Å². The van der Waals surface area contributed by atoms with Gasteiger partial charge in [-0.05, 0) is 20.8 Å². The predicted octanol–water partition coefficient (Wildman–Crippen LogP) is 0.545. The Morgan fingerprint density at radius 3 is 2.12 bits per heavy atom. The molecule has 0 unspecified atom stereocenters. The van der Waals surface area contributed by atoms with Crippen LogP contribution in [0, 0.1) is 0 Å². The molecule has 0 aliphatic carbocycles. The average molecular weight is 116 g/mol. The highest BCUT2D eigenvalue weighted by molar-refractivity contribution is 4.99. The predicted molar refractivity (Wildman–Crippen MR) is 30.6 cm³/mol. The number of epoxide rings is 1. The zero-order valence-corrected chi connectivity index (χ0v) is 5.51. The standard InChI is InChI=1S/C6H12O2/c1-4(7)6(3)5(2)8-6/h4-5,7H,1-3H3/t4-,5+,6+/m0/s1. The maximum absolute atomic E-state index is 9.00. The molecule has 0 aromatic rings. The van der Waals surface area contributed by atoms with Gasteiger partial charge < -0.3 is 9.84 Å². The Labute approximate surface area is 49.5 Å². The number of hydrogen-bond acceptors (Lipinski definition) is 2. The van der Waals surface area contributed by atoms with Gasteiger partial charge in [0.2, 0.25) is 0 Å². The lowest BCUT2D eigenvalue weighted by molar-refractivity contribution is 0.101. The number of rotatable bonds is 1. The molecule has 1 N–H and O–H groups in total. The third-order valence-electron chi connectivity index (χ3n) is 2.01. The normalized spacial score (nSPS) is 48.8. The third kappa shape index (κ3) is 0.644. The van der Waals surface area contributed by atoms with Gasteiger partial charge in [-0.15, -0.1) is 0 Å². The molecule has 0 amide bonds. The molecule has 1 aliphatic heterocycles. The molecular formula is C6H12O2. The monoisotopic (exact) mass is 116 g/mol. The Morgan fingerprint density at radius 2 is 2.12 bits per heavy atom. The second-order valence-electron chi connectivity index (χ2n) is 2.62. The van der Waals surface area contributed by atoms with E-state index in [0.29, 0.717) is 0 Å². The highest BCUT2D eigenvalue weighted by Gasteiger charge is 2.52. The molecule has 0 aromatic carbocycles. The van der Waals surface area contributed by atoms with Crippen molar-refractivity contribution in [3.05, 3.63) is 0 Å². The molecule has 1 saturated heterocycles. The first-order chi connectivity index (χ1) is 3.57. The zero-order valence-electron chi connectivity index (χ0n) is 5.51. The van der Waals surface area contributed by atoms with Crippen LogP contribution < -0.4 is 0 Å². The lowest BCUT2D eigenvalue weighted by Gasteiger charge is -2.06. The molecule has 1 fully saturated rings. The van der Waals surface area contributed by atoms with Crippen LogP contribution in [0.1, 0.15) is 20.8 Å². The van der Waals surface area contributed by atoms with E-state index >= 15 is 0 Å². The number of aliphatic hydroxyl groups excluding tert-OH is 1. The molecule has 48 valence electrons. The summed E-state index contributed by atoms with van der Waals surface area (Å²) in [5.41, 5.74) is -0.236. The molecule has 1 rings (SSSR count). The Morgan fingerprint density at radius 1 is 1.75 bits per heavy atom. The summed E-state index contributed by atoms with van der Waals surface area (Å²) in [5, 5.41) is 9.00. The summed E-state index contributed by atoms with van der Waals surface area (Å²) in [6, 6.07) is 0. The lowest BCUT2D eigenvalue weighted by Crippen LogP contribution is -2.24. The first-order valence-electron chi connectivity index (χ1n) is 2.93. The van der Waals surface area contributed by atoms with Gasteiger partial charge >= 0.3 is 0 Å². The molecular weight excluding hydrogens is 104 g/mol. The quantitative estimate of drug-likeness (QED) is 0.507. The van der Waals surface area contributed by atoms with E-state index in [-0.39, 0.29) is 17.8 Å². The summed E-state index contributed by atoms with van der Waals surface area (Å²) < 4.78 is 5.12. The number of aliphatic hydroxyl groups is 1. The molecule has 1 heterocycles. The van der Waals surface area contributed by atoms with Crippen LogP contribution in [0.3, 0.4) is 0 Å². The van der Waals surface area contributed by atoms with Gasteiger partial charge in [0.15, 0.2) is 0 Å². The van der Waals surface area contributed by atoms with Gasteiger partial charge in [0.05, 0.1) is 12.2 Å². The Hall–Kier alpha value is -0.0800. The van der Waals surface area contributed by atoms with Crippen molar-refractivity contribution in [1.29, 1.82) is 0 Å².